The summed E-state index contributed by atoms with van der Waals surface area (Å²) >= 11 is 0. The first-order valence-electron chi connectivity index (χ1n) is 7.36. The summed E-state index contributed by atoms with van der Waals surface area (Å²) in [7, 11) is 0. The Labute approximate surface area is 132 Å². The van der Waals surface area contributed by atoms with Gasteiger partial charge in [0.15, 0.2) is 11.4 Å². The van der Waals surface area contributed by atoms with Crippen LogP contribution in [0.4, 0.5) is 0 Å². The fourth-order valence-electron chi connectivity index (χ4n) is 2.60. The van der Waals surface area contributed by atoms with E-state index in [1.165, 1.54) is 0 Å². The number of ketones is 1. The maximum absolute atomic E-state index is 12.4. The van der Waals surface area contributed by atoms with Gasteiger partial charge in [0.1, 0.15) is 5.69 Å². The van der Waals surface area contributed by atoms with E-state index in [9.17, 15) is 4.79 Å². The molecule has 112 valence electrons. The van der Waals surface area contributed by atoms with Crippen LogP contribution in [-0.2, 0) is 6.42 Å². The van der Waals surface area contributed by atoms with Crippen molar-refractivity contribution in [2.75, 3.05) is 0 Å². The van der Waals surface area contributed by atoms with E-state index in [1.54, 1.807) is 23.1 Å². The Morgan fingerprint density at radius 1 is 1.13 bits per heavy atom. The number of imidazole rings is 1. The number of benzene rings is 1. The van der Waals surface area contributed by atoms with Gasteiger partial charge in [-0.15, -0.1) is 0 Å². The molecule has 1 aromatic carbocycles. The fraction of sp³-hybridized carbons (Fsp3) is 0.0556. The molecule has 0 saturated heterocycles. The third-order valence-electron chi connectivity index (χ3n) is 3.77. The lowest BCUT2D eigenvalue weighted by molar-refractivity contribution is 0.0993. The monoisotopic (exact) mass is 302 g/mol. The molecule has 4 aromatic rings. The minimum absolute atomic E-state index is 0.0838. The topological polar surface area (TPSA) is 63.0 Å². The second-order valence-electron chi connectivity index (χ2n) is 5.32. The molecule has 0 unspecified atom stereocenters. The molecule has 0 spiro atoms. The van der Waals surface area contributed by atoms with Gasteiger partial charge in [0, 0.05) is 24.4 Å². The van der Waals surface area contributed by atoms with Crippen molar-refractivity contribution < 1.29 is 4.79 Å². The van der Waals surface area contributed by atoms with Crippen molar-refractivity contribution in [2.24, 2.45) is 0 Å². The number of Topliss-reactive ketones (excluding diaryl/α,β-unsaturated/α-hetero) is 1. The van der Waals surface area contributed by atoms with Crippen molar-refractivity contribution in [1.29, 1.82) is 0 Å². The molecule has 4 rings (SSSR count). The maximum atomic E-state index is 12.4. The van der Waals surface area contributed by atoms with Crippen LogP contribution in [-0.4, -0.2) is 25.4 Å². The van der Waals surface area contributed by atoms with Gasteiger partial charge in [-0.05, 0) is 23.8 Å². The van der Waals surface area contributed by atoms with Gasteiger partial charge in [-0.25, -0.2) is 9.50 Å². The second-order valence-corrected chi connectivity index (χ2v) is 5.32. The largest absolute Gasteiger partial charge is 0.359 e. The molecule has 0 bridgehead atoms. The number of aromatic nitrogens is 4. The number of nitrogens with zero attached hydrogens (tertiary/aromatic N) is 3. The predicted octanol–water partition coefficient (Wildman–Crippen LogP) is 3.15. The number of carbonyl (C=O) groups is 1. The number of nitrogens with one attached hydrogen (secondary N) is 1. The van der Waals surface area contributed by atoms with E-state index in [0.717, 1.165) is 22.6 Å². The lowest BCUT2D eigenvalue weighted by Gasteiger charge is -1.98. The molecule has 23 heavy (non-hydrogen) atoms. The van der Waals surface area contributed by atoms with Crippen LogP contribution < -0.4 is 0 Å². The Kier molecular flexibility index (Phi) is 3.24. The molecule has 0 aliphatic carbocycles. The Morgan fingerprint density at radius 3 is 2.87 bits per heavy atom. The zero-order valence-corrected chi connectivity index (χ0v) is 12.3. The lowest BCUT2D eigenvalue weighted by atomic mass is 10.1. The summed E-state index contributed by atoms with van der Waals surface area (Å²) in [5.41, 5.74) is 4.10. The molecule has 0 aliphatic rings. The van der Waals surface area contributed by atoms with Gasteiger partial charge in [0.2, 0.25) is 0 Å². The predicted molar refractivity (Wildman–Crippen MR) is 87.3 cm³/mol. The normalized spacial score (nSPS) is 11.0. The third kappa shape index (κ3) is 2.53. The van der Waals surface area contributed by atoms with E-state index in [1.807, 2.05) is 48.5 Å². The van der Waals surface area contributed by atoms with Gasteiger partial charge in [-0.3, -0.25) is 4.79 Å². The number of aromatic amines is 1. The van der Waals surface area contributed by atoms with Gasteiger partial charge in [-0.2, -0.15) is 5.10 Å². The second kappa shape index (κ2) is 5.53. The summed E-state index contributed by atoms with van der Waals surface area (Å²) < 4.78 is 1.75. The van der Waals surface area contributed by atoms with Gasteiger partial charge >= 0.3 is 0 Å². The molecule has 3 aromatic heterocycles. The van der Waals surface area contributed by atoms with Crippen LogP contribution in [0.5, 0.6) is 0 Å². The lowest BCUT2D eigenvalue weighted by Crippen LogP contribution is -2.01. The number of H-pyrrole nitrogens is 1. The molecule has 0 fully saturated rings. The molecular weight excluding hydrogens is 288 g/mol. The zero-order chi connectivity index (χ0) is 15.6. The summed E-state index contributed by atoms with van der Waals surface area (Å²) in [5.74, 6) is 0.0838. The third-order valence-corrected chi connectivity index (χ3v) is 3.77. The standard InChI is InChI=1S/C18H14N4O/c23-17(9-13-5-2-1-3-6-13)14-10-15(19-11-14)16-12-20-18-7-4-8-21-22(16)18/h1-8,10-12,19H,9H2. The van der Waals surface area contributed by atoms with Crippen LogP contribution in [0.1, 0.15) is 15.9 Å². The van der Waals surface area contributed by atoms with Crippen LogP contribution >= 0.6 is 0 Å². The zero-order valence-electron chi connectivity index (χ0n) is 12.3. The highest BCUT2D eigenvalue weighted by molar-refractivity contribution is 5.98. The Balaban J connectivity index is 1.63. The summed E-state index contributed by atoms with van der Waals surface area (Å²) in [5, 5.41) is 4.29. The van der Waals surface area contributed by atoms with Crippen LogP contribution in [0.25, 0.3) is 17.0 Å². The Hall–Kier alpha value is -3.21. The minimum Gasteiger partial charge on any atom is -0.359 e. The van der Waals surface area contributed by atoms with Crippen LogP contribution in [0.15, 0.2) is 67.1 Å². The van der Waals surface area contributed by atoms with Crippen molar-refractivity contribution >= 4 is 11.4 Å². The smallest absolute Gasteiger partial charge is 0.168 e. The van der Waals surface area contributed by atoms with E-state index in [4.69, 9.17) is 0 Å². The van der Waals surface area contributed by atoms with Gasteiger partial charge < -0.3 is 4.98 Å². The molecule has 5 nitrogen and oxygen atoms in total. The van der Waals surface area contributed by atoms with Crippen LogP contribution in [0.2, 0.25) is 0 Å². The first-order chi connectivity index (χ1) is 11.3. The SMILES string of the molecule is O=C(Cc1ccccc1)c1c[nH]c(-c2cnc3cccnn23)c1. The van der Waals surface area contributed by atoms with E-state index >= 15 is 0 Å². The highest BCUT2D eigenvalue weighted by atomic mass is 16.1. The molecule has 0 aliphatic heterocycles. The van der Waals surface area contributed by atoms with Crippen LogP contribution in [0, 0.1) is 0 Å². The van der Waals surface area contributed by atoms with E-state index < -0.39 is 0 Å². The molecular formula is C18H14N4O. The maximum Gasteiger partial charge on any atom is 0.168 e. The van der Waals surface area contributed by atoms with Gasteiger partial charge in [-0.1, -0.05) is 30.3 Å². The van der Waals surface area contributed by atoms with Crippen molar-refractivity contribution in [3.8, 4) is 11.4 Å². The number of rotatable bonds is 4. The van der Waals surface area contributed by atoms with E-state index in [2.05, 4.69) is 15.1 Å². The number of hydrogen-bond donors (Lipinski definition) is 1. The van der Waals surface area contributed by atoms with Crippen molar-refractivity contribution in [3.05, 3.63) is 78.2 Å². The molecule has 1 N–H and O–H groups in total. The van der Waals surface area contributed by atoms with Crippen molar-refractivity contribution in [1.82, 2.24) is 19.6 Å². The summed E-state index contributed by atoms with van der Waals surface area (Å²) in [6.07, 6.45) is 5.59. The number of fused-ring (bicyclic) bond motifs is 1. The molecule has 0 saturated carbocycles. The van der Waals surface area contributed by atoms with Gasteiger partial charge in [0.05, 0.1) is 11.9 Å². The average molecular weight is 302 g/mol. The van der Waals surface area contributed by atoms with Crippen molar-refractivity contribution in [3.63, 3.8) is 0 Å². The quantitative estimate of drug-likeness (QED) is 0.589. The van der Waals surface area contributed by atoms with Crippen molar-refractivity contribution in [2.45, 2.75) is 6.42 Å². The minimum atomic E-state index is 0.0838. The first-order valence-corrected chi connectivity index (χ1v) is 7.36. The number of hydrogen-bond acceptors (Lipinski definition) is 3. The van der Waals surface area contributed by atoms with E-state index in [0.29, 0.717) is 12.0 Å². The average Bonchev–Trinajstić information content (AvgIpc) is 3.22. The molecule has 3 heterocycles. The molecule has 5 heteroatoms. The Morgan fingerprint density at radius 2 is 2.00 bits per heavy atom. The molecule has 0 amide bonds. The van der Waals surface area contributed by atoms with Crippen LogP contribution in [0.3, 0.4) is 0 Å². The fourth-order valence-corrected chi connectivity index (χ4v) is 2.60. The van der Waals surface area contributed by atoms with E-state index in [-0.39, 0.29) is 5.78 Å². The molecule has 0 atom stereocenters. The summed E-state index contributed by atoms with van der Waals surface area (Å²) in [6.45, 7) is 0. The summed E-state index contributed by atoms with van der Waals surface area (Å²) in [4.78, 5) is 19.9. The summed E-state index contributed by atoms with van der Waals surface area (Å²) in [6, 6.07) is 15.3. The highest BCUT2D eigenvalue weighted by Gasteiger charge is 2.13. The molecule has 0 radical (unpaired) electrons. The highest BCUT2D eigenvalue weighted by Crippen LogP contribution is 2.20. The first kappa shape index (κ1) is 13.5. The Bertz CT molecular complexity index is 969. The number of carbonyl (C=O) groups excluding carboxylic acids is 1. The van der Waals surface area contributed by atoms with Gasteiger partial charge in [0.25, 0.3) is 0 Å².